The summed E-state index contributed by atoms with van der Waals surface area (Å²) >= 11 is 0. The summed E-state index contributed by atoms with van der Waals surface area (Å²) in [7, 11) is 0. The molecule has 0 radical (unpaired) electrons. The van der Waals surface area contributed by atoms with Gasteiger partial charge in [0.15, 0.2) is 0 Å². The molecule has 0 fully saturated rings. The van der Waals surface area contributed by atoms with Gasteiger partial charge in [-0.05, 0) is 52.6 Å². The van der Waals surface area contributed by atoms with Gasteiger partial charge in [0, 0.05) is 5.56 Å². The Morgan fingerprint density at radius 3 is 2.31 bits per heavy atom. The molecule has 4 aromatic rings. The van der Waals surface area contributed by atoms with Gasteiger partial charge in [0.25, 0.3) is 5.91 Å². The molecule has 0 unspecified atom stereocenters. The van der Waals surface area contributed by atoms with Gasteiger partial charge >= 0.3 is 0 Å². The first-order chi connectivity index (χ1) is 12.6. The second kappa shape index (κ2) is 6.64. The zero-order valence-electron chi connectivity index (χ0n) is 15.0. The highest BCUT2D eigenvalue weighted by atomic mass is 16.1. The number of hydrogen-bond donors (Lipinski definition) is 1. The van der Waals surface area contributed by atoms with Crippen molar-refractivity contribution in [2.24, 2.45) is 0 Å². The molecule has 0 aromatic heterocycles. The fraction of sp³-hybridized carbons (Fsp3) is 0.125. The Bertz CT molecular complexity index is 1110. The molecular formula is C24H21NO. The lowest BCUT2D eigenvalue weighted by atomic mass is 9.98. The van der Waals surface area contributed by atoms with Gasteiger partial charge in [0.1, 0.15) is 0 Å². The number of nitrogens with one attached hydrogen (secondary N) is 1. The van der Waals surface area contributed by atoms with E-state index in [1.807, 2.05) is 49.4 Å². The van der Waals surface area contributed by atoms with Crippen LogP contribution in [-0.4, -0.2) is 5.91 Å². The molecule has 0 heterocycles. The molecular weight excluding hydrogens is 318 g/mol. The maximum Gasteiger partial charge on any atom is 0.252 e. The van der Waals surface area contributed by atoms with Crippen LogP contribution in [0.3, 0.4) is 0 Å². The molecule has 1 atom stereocenters. The minimum absolute atomic E-state index is 0.0402. The highest BCUT2D eigenvalue weighted by Crippen LogP contribution is 2.26. The molecule has 0 aliphatic heterocycles. The lowest BCUT2D eigenvalue weighted by Crippen LogP contribution is -2.27. The van der Waals surface area contributed by atoms with Crippen molar-refractivity contribution in [3.8, 4) is 0 Å². The predicted octanol–water partition coefficient (Wildman–Crippen LogP) is 5.79. The topological polar surface area (TPSA) is 29.1 Å². The first-order valence-corrected chi connectivity index (χ1v) is 8.92. The van der Waals surface area contributed by atoms with Gasteiger partial charge in [-0.2, -0.15) is 0 Å². The SMILES string of the molecule is Cc1cccc2c(C(=O)N[C@H](C)c3cccc4ccccc34)cccc12. The van der Waals surface area contributed by atoms with Crippen LogP contribution in [0, 0.1) is 6.92 Å². The van der Waals surface area contributed by atoms with Crippen LogP contribution < -0.4 is 5.32 Å². The van der Waals surface area contributed by atoms with Crippen LogP contribution in [0.4, 0.5) is 0 Å². The predicted molar refractivity (Wildman–Crippen MR) is 109 cm³/mol. The number of rotatable bonds is 3. The molecule has 1 N–H and O–H groups in total. The maximum absolute atomic E-state index is 13.0. The van der Waals surface area contributed by atoms with E-state index in [1.54, 1.807) is 0 Å². The molecule has 4 aromatic carbocycles. The number of hydrogen-bond acceptors (Lipinski definition) is 1. The van der Waals surface area contributed by atoms with Crippen LogP contribution >= 0.6 is 0 Å². The van der Waals surface area contributed by atoms with E-state index in [1.165, 1.54) is 16.3 Å². The molecule has 128 valence electrons. The summed E-state index contributed by atoms with van der Waals surface area (Å²) < 4.78 is 0. The summed E-state index contributed by atoms with van der Waals surface area (Å²) in [6.45, 7) is 4.11. The van der Waals surface area contributed by atoms with Crippen LogP contribution in [-0.2, 0) is 0 Å². The summed E-state index contributed by atoms with van der Waals surface area (Å²) in [4.78, 5) is 13.0. The van der Waals surface area contributed by atoms with E-state index >= 15 is 0 Å². The van der Waals surface area contributed by atoms with Crippen LogP contribution in [0.25, 0.3) is 21.5 Å². The smallest absolute Gasteiger partial charge is 0.252 e. The molecule has 1 amide bonds. The molecule has 4 rings (SSSR count). The van der Waals surface area contributed by atoms with E-state index in [0.29, 0.717) is 0 Å². The van der Waals surface area contributed by atoms with E-state index in [0.717, 1.165) is 21.9 Å². The number of benzene rings is 4. The van der Waals surface area contributed by atoms with Crippen molar-refractivity contribution in [1.82, 2.24) is 5.32 Å². The number of amides is 1. The summed E-state index contributed by atoms with van der Waals surface area (Å²) in [5.41, 5.74) is 3.03. The second-order valence-electron chi connectivity index (χ2n) is 6.74. The first-order valence-electron chi connectivity index (χ1n) is 8.92. The van der Waals surface area contributed by atoms with Gasteiger partial charge in [-0.15, -0.1) is 0 Å². The zero-order valence-corrected chi connectivity index (χ0v) is 15.0. The summed E-state index contributed by atoms with van der Waals surface area (Å²) in [6.07, 6.45) is 0. The first kappa shape index (κ1) is 16.3. The zero-order chi connectivity index (χ0) is 18.1. The minimum Gasteiger partial charge on any atom is -0.345 e. The highest BCUT2D eigenvalue weighted by Gasteiger charge is 2.15. The Balaban J connectivity index is 1.69. The number of carbonyl (C=O) groups is 1. The van der Waals surface area contributed by atoms with Crippen molar-refractivity contribution < 1.29 is 4.79 Å². The normalized spacial score (nSPS) is 12.2. The maximum atomic E-state index is 13.0. The quantitative estimate of drug-likeness (QED) is 0.503. The van der Waals surface area contributed by atoms with Gasteiger partial charge in [-0.1, -0.05) is 72.8 Å². The Hall–Kier alpha value is -3.13. The van der Waals surface area contributed by atoms with Crippen molar-refractivity contribution in [3.63, 3.8) is 0 Å². The minimum atomic E-state index is -0.0753. The van der Waals surface area contributed by atoms with Gasteiger partial charge in [-0.25, -0.2) is 0 Å². The third-order valence-corrected chi connectivity index (χ3v) is 5.02. The van der Waals surface area contributed by atoms with Gasteiger partial charge < -0.3 is 5.32 Å². The van der Waals surface area contributed by atoms with Crippen LogP contribution in [0.15, 0.2) is 78.9 Å². The molecule has 26 heavy (non-hydrogen) atoms. The van der Waals surface area contributed by atoms with Crippen LogP contribution in [0.5, 0.6) is 0 Å². The van der Waals surface area contributed by atoms with Crippen molar-refractivity contribution >= 4 is 27.5 Å². The fourth-order valence-corrected chi connectivity index (χ4v) is 3.65. The Morgan fingerprint density at radius 1 is 0.769 bits per heavy atom. The molecule has 0 bridgehead atoms. The van der Waals surface area contributed by atoms with Gasteiger partial charge in [-0.3, -0.25) is 4.79 Å². The Morgan fingerprint density at radius 2 is 1.42 bits per heavy atom. The van der Waals surface area contributed by atoms with E-state index in [9.17, 15) is 4.79 Å². The standard InChI is InChI=1S/C24H21NO/c1-16-8-5-14-22-19(16)12-7-15-23(22)24(26)25-17(2)20-13-6-10-18-9-3-4-11-21(18)20/h3-15,17H,1-2H3,(H,25,26)/t17-/m1/s1. The van der Waals surface area contributed by atoms with E-state index in [2.05, 4.69) is 48.6 Å². The highest BCUT2D eigenvalue weighted by molar-refractivity contribution is 6.08. The molecule has 0 saturated heterocycles. The summed E-state index contributed by atoms with van der Waals surface area (Å²) in [6, 6.07) is 26.4. The number of aryl methyl sites for hydroxylation is 1. The second-order valence-corrected chi connectivity index (χ2v) is 6.74. The van der Waals surface area contributed by atoms with Gasteiger partial charge in [0.05, 0.1) is 6.04 Å². The summed E-state index contributed by atoms with van der Waals surface area (Å²) in [5.74, 6) is -0.0402. The molecule has 0 saturated carbocycles. The molecule has 0 aliphatic carbocycles. The summed E-state index contributed by atoms with van der Waals surface area (Å²) in [5, 5.41) is 7.66. The third kappa shape index (κ3) is 2.84. The van der Waals surface area contributed by atoms with Crippen molar-refractivity contribution in [2.75, 3.05) is 0 Å². The lowest BCUT2D eigenvalue weighted by molar-refractivity contribution is 0.0942. The molecule has 0 spiro atoms. The van der Waals surface area contributed by atoms with Gasteiger partial charge in [0.2, 0.25) is 0 Å². The average molecular weight is 339 g/mol. The fourth-order valence-electron chi connectivity index (χ4n) is 3.65. The Kier molecular flexibility index (Phi) is 4.18. The molecule has 2 nitrogen and oxygen atoms in total. The third-order valence-electron chi connectivity index (χ3n) is 5.02. The largest absolute Gasteiger partial charge is 0.345 e. The number of carbonyl (C=O) groups excluding carboxylic acids is 1. The molecule has 0 aliphatic rings. The van der Waals surface area contributed by atoms with Crippen molar-refractivity contribution in [2.45, 2.75) is 19.9 Å². The number of fused-ring (bicyclic) bond motifs is 2. The van der Waals surface area contributed by atoms with E-state index in [4.69, 9.17) is 0 Å². The average Bonchev–Trinajstić information content (AvgIpc) is 2.67. The monoisotopic (exact) mass is 339 g/mol. The molecule has 2 heteroatoms. The van der Waals surface area contributed by atoms with E-state index < -0.39 is 0 Å². The van der Waals surface area contributed by atoms with Crippen LogP contribution in [0.1, 0.15) is 34.5 Å². The Labute approximate surface area is 153 Å². The van der Waals surface area contributed by atoms with Crippen molar-refractivity contribution in [3.05, 3.63) is 95.6 Å². The van der Waals surface area contributed by atoms with Crippen LogP contribution in [0.2, 0.25) is 0 Å². The van der Waals surface area contributed by atoms with E-state index in [-0.39, 0.29) is 11.9 Å². The van der Waals surface area contributed by atoms with Crippen molar-refractivity contribution in [1.29, 1.82) is 0 Å². The lowest BCUT2D eigenvalue weighted by Gasteiger charge is -2.17.